The molecule has 5 nitrogen and oxygen atoms in total. The Morgan fingerprint density at radius 1 is 1.30 bits per heavy atom. The summed E-state index contributed by atoms with van der Waals surface area (Å²) in [6, 6.07) is -0.0399. The van der Waals surface area contributed by atoms with Gasteiger partial charge in [0.25, 0.3) is 0 Å². The zero-order valence-electron chi connectivity index (χ0n) is 13.8. The van der Waals surface area contributed by atoms with Gasteiger partial charge < -0.3 is 10.2 Å². The molecule has 3 heterocycles. The molecule has 2 aromatic heterocycles. The lowest BCUT2D eigenvalue weighted by Gasteiger charge is -2.24. The maximum Gasteiger partial charge on any atom is 0.221 e. The molecule has 0 aromatic carbocycles. The van der Waals surface area contributed by atoms with Crippen molar-refractivity contribution in [3.05, 3.63) is 23.5 Å². The SMILES string of the molecule is C[C@H](NC(=O)CCN1CCCCCCC1)c1cn2ccsc2n1. The summed E-state index contributed by atoms with van der Waals surface area (Å²) >= 11 is 1.61. The molecule has 0 bridgehead atoms. The monoisotopic (exact) mass is 334 g/mol. The molecule has 1 amide bonds. The molecule has 0 spiro atoms. The minimum absolute atomic E-state index is 0.0399. The van der Waals surface area contributed by atoms with Crippen LogP contribution in [0, 0.1) is 0 Å². The molecule has 1 aliphatic heterocycles. The number of aromatic nitrogens is 2. The minimum Gasteiger partial charge on any atom is -0.348 e. The molecule has 2 aromatic rings. The van der Waals surface area contributed by atoms with E-state index in [4.69, 9.17) is 0 Å². The van der Waals surface area contributed by atoms with Crippen LogP contribution in [0.5, 0.6) is 0 Å². The maximum atomic E-state index is 12.2. The largest absolute Gasteiger partial charge is 0.348 e. The fraction of sp³-hybridized carbons (Fsp3) is 0.647. The number of rotatable bonds is 5. The second kappa shape index (κ2) is 7.93. The number of carbonyl (C=O) groups excluding carboxylic acids is 1. The van der Waals surface area contributed by atoms with Gasteiger partial charge in [0.2, 0.25) is 5.91 Å². The van der Waals surface area contributed by atoms with Gasteiger partial charge in [0.15, 0.2) is 4.96 Å². The normalized spacial score (nSPS) is 18.5. The van der Waals surface area contributed by atoms with Gasteiger partial charge in [-0.2, -0.15) is 0 Å². The van der Waals surface area contributed by atoms with Crippen LogP contribution < -0.4 is 5.32 Å². The van der Waals surface area contributed by atoms with Crippen molar-refractivity contribution in [2.24, 2.45) is 0 Å². The van der Waals surface area contributed by atoms with Gasteiger partial charge in [-0.3, -0.25) is 9.20 Å². The number of amides is 1. The van der Waals surface area contributed by atoms with E-state index < -0.39 is 0 Å². The molecule has 3 rings (SSSR count). The summed E-state index contributed by atoms with van der Waals surface area (Å²) in [6.45, 7) is 5.15. The fourth-order valence-corrected chi connectivity index (χ4v) is 3.85. The van der Waals surface area contributed by atoms with Crippen LogP contribution in [0.2, 0.25) is 0 Å². The van der Waals surface area contributed by atoms with Crippen LogP contribution in [0.1, 0.15) is 57.2 Å². The van der Waals surface area contributed by atoms with E-state index in [0.29, 0.717) is 6.42 Å². The molecule has 1 fully saturated rings. The highest BCUT2D eigenvalue weighted by molar-refractivity contribution is 7.15. The smallest absolute Gasteiger partial charge is 0.221 e. The Balaban J connectivity index is 1.45. The molecule has 23 heavy (non-hydrogen) atoms. The highest BCUT2D eigenvalue weighted by atomic mass is 32.1. The van der Waals surface area contributed by atoms with Crippen molar-refractivity contribution >= 4 is 22.2 Å². The van der Waals surface area contributed by atoms with Crippen LogP contribution in [0.3, 0.4) is 0 Å². The summed E-state index contributed by atoms with van der Waals surface area (Å²) in [5.41, 5.74) is 0.927. The number of imidazole rings is 1. The summed E-state index contributed by atoms with van der Waals surface area (Å²) < 4.78 is 2.00. The summed E-state index contributed by atoms with van der Waals surface area (Å²) in [4.78, 5) is 20.2. The van der Waals surface area contributed by atoms with Crippen molar-refractivity contribution < 1.29 is 4.79 Å². The molecular weight excluding hydrogens is 308 g/mol. The number of hydrogen-bond donors (Lipinski definition) is 1. The molecular formula is C17H26N4OS. The Kier molecular flexibility index (Phi) is 5.67. The van der Waals surface area contributed by atoms with Crippen LogP contribution in [0.25, 0.3) is 4.96 Å². The molecule has 1 N–H and O–H groups in total. The molecule has 0 aliphatic carbocycles. The van der Waals surface area contributed by atoms with Gasteiger partial charge >= 0.3 is 0 Å². The molecule has 6 heteroatoms. The first-order chi connectivity index (χ1) is 11.2. The molecule has 126 valence electrons. The van der Waals surface area contributed by atoms with Crippen molar-refractivity contribution in [3.63, 3.8) is 0 Å². The quantitative estimate of drug-likeness (QED) is 0.913. The summed E-state index contributed by atoms with van der Waals surface area (Å²) in [5, 5.41) is 5.09. The van der Waals surface area contributed by atoms with E-state index in [1.54, 1.807) is 11.3 Å². The Morgan fingerprint density at radius 2 is 2.04 bits per heavy atom. The van der Waals surface area contributed by atoms with Gasteiger partial charge in [0.05, 0.1) is 11.7 Å². The first kappa shape index (κ1) is 16.5. The van der Waals surface area contributed by atoms with Crippen molar-refractivity contribution in [1.29, 1.82) is 0 Å². The first-order valence-electron chi connectivity index (χ1n) is 8.66. The van der Waals surface area contributed by atoms with Crippen LogP contribution in [0.4, 0.5) is 0 Å². The molecule has 1 atom stereocenters. The lowest BCUT2D eigenvalue weighted by molar-refractivity contribution is -0.122. The van der Waals surface area contributed by atoms with Crippen LogP contribution in [-0.4, -0.2) is 39.8 Å². The standard InChI is InChI=1S/C17H26N4OS/c1-14(15-13-21-11-12-23-17(21)19-15)18-16(22)7-10-20-8-5-3-2-4-6-9-20/h11-14H,2-10H2,1H3,(H,18,22)/t14-/m0/s1. The van der Waals surface area contributed by atoms with Crippen molar-refractivity contribution in [3.8, 4) is 0 Å². The second-order valence-electron chi connectivity index (χ2n) is 6.41. The zero-order chi connectivity index (χ0) is 16.1. The summed E-state index contributed by atoms with van der Waals surface area (Å²) in [6.07, 6.45) is 11.1. The Morgan fingerprint density at radius 3 is 2.78 bits per heavy atom. The third kappa shape index (κ3) is 4.54. The topological polar surface area (TPSA) is 49.6 Å². The van der Waals surface area contributed by atoms with E-state index in [-0.39, 0.29) is 11.9 Å². The van der Waals surface area contributed by atoms with Crippen LogP contribution in [0.15, 0.2) is 17.8 Å². The lowest BCUT2D eigenvalue weighted by atomic mass is 10.1. The van der Waals surface area contributed by atoms with Crippen LogP contribution in [-0.2, 0) is 4.79 Å². The van der Waals surface area contributed by atoms with Crippen molar-refractivity contribution in [1.82, 2.24) is 19.6 Å². The van der Waals surface area contributed by atoms with Crippen LogP contribution >= 0.6 is 11.3 Å². The third-order valence-corrected chi connectivity index (χ3v) is 5.31. The van der Waals surface area contributed by atoms with Gasteiger partial charge in [0, 0.05) is 30.7 Å². The van der Waals surface area contributed by atoms with E-state index in [2.05, 4.69) is 15.2 Å². The summed E-state index contributed by atoms with van der Waals surface area (Å²) in [7, 11) is 0. The Bertz CT molecular complexity index is 599. The maximum absolute atomic E-state index is 12.2. The van der Waals surface area contributed by atoms with Crippen molar-refractivity contribution in [2.75, 3.05) is 19.6 Å². The number of fused-ring (bicyclic) bond motifs is 1. The molecule has 0 unspecified atom stereocenters. The number of likely N-dealkylation sites (tertiary alicyclic amines) is 1. The minimum atomic E-state index is -0.0399. The highest BCUT2D eigenvalue weighted by Crippen LogP contribution is 2.17. The number of thiazole rings is 1. The molecule has 0 radical (unpaired) electrons. The molecule has 0 saturated carbocycles. The zero-order valence-corrected chi connectivity index (χ0v) is 14.6. The van der Waals surface area contributed by atoms with E-state index >= 15 is 0 Å². The number of nitrogens with one attached hydrogen (secondary N) is 1. The van der Waals surface area contributed by atoms with Gasteiger partial charge in [-0.15, -0.1) is 11.3 Å². The average Bonchev–Trinajstić information content (AvgIpc) is 3.07. The van der Waals surface area contributed by atoms with E-state index in [1.165, 1.54) is 32.1 Å². The Hall–Kier alpha value is -1.40. The predicted octanol–water partition coefficient (Wildman–Crippen LogP) is 3.23. The summed E-state index contributed by atoms with van der Waals surface area (Å²) in [5.74, 6) is 0.121. The average molecular weight is 334 g/mol. The highest BCUT2D eigenvalue weighted by Gasteiger charge is 2.15. The van der Waals surface area contributed by atoms with Gasteiger partial charge in [0.1, 0.15) is 0 Å². The molecule has 1 aliphatic rings. The predicted molar refractivity (Wildman–Crippen MR) is 93.8 cm³/mol. The van der Waals surface area contributed by atoms with Gasteiger partial charge in [-0.05, 0) is 32.9 Å². The fourth-order valence-electron chi connectivity index (χ4n) is 3.14. The lowest BCUT2D eigenvalue weighted by Crippen LogP contribution is -2.33. The van der Waals surface area contributed by atoms with Gasteiger partial charge in [-0.25, -0.2) is 4.98 Å². The van der Waals surface area contributed by atoms with E-state index in [9.17, 15) is 4.79 Å². The van der Waals surface area contributed by atoms with E-state index in [0.717, 1.165) is 30.3 Å². The Labute approximate surface area is 141 Å². The third-order valence-electron chi connectivity index (χ3n) is 4.54. The van der Waals surface area contributed by atoms with Gasteiger partial charge in [-0.1, -0.05) is 19.3 Å². The number of hydrogen-bond acceptors (Lipinski definition) is 4. The molecule has 1 saturated heterocycles. The van der Waals surface area contributed by atoms with Crippen molar-refractivity contribution in [2.45, 2.75) is 51.5 Å². The number of carbonyl (C=O) groups is 1. The number of nitrogens with zero attached hydrogens (tertiary/aromatic N) is 3. The van der Waals surface area contributed by atoms with E-state index in [1.807, 2.05) is 29.1 Å². The first-order valence-corrected chi connectivity index (χ1v) is 9.54. The second-order valence-corrected chi connectivity index (χ2v) is 7.28.